The molecule has 3 rings (SSSR count). The van der Waals surface area contributed by atoms with Gasteiger partial charge in [0, 0.05) is 11.1 Å². The molecule has 2 aromatic rings. The summed E-state index contributed by atoms with van der Waals surface area (Å²) < 4.78 is 0. The predicted molar refractivity (Wildman–Crippen MR) is 82.3 cm³/mol. The van der Waals surface area contributed by atoms with Crippen LogP contribution in [0.15, 0.2) is 11.4 Å². The third-order valence-electron chi connectivity index (χ3n) is 3.16. The quantitative estimate of drug-likeness (QED) is 0.851. The van der Waals surface area contributed by atoms with Crippen LogP contribution in [0.2, 0.25) is 0 Å². The van der Waals surface area contributed by atoms with Crippen LogP contribution < -0.4 is 11.1 Å². The molecule has 0 saturated carbocycles. The van der Waals surface area contributed by atoms with Crippen LogP contribution in [0.25, 0.3) is 0 Å². The molecular weight excluding hydrogens is 276 g/mol. The van der Waals surface area contributed by atoms with E-state index >= 15 is 0 Å². The molecule has 1 aliphatic rings. The van der Waals surface area contributed by atoms with E-state index < -0.39 is 0 Å². The zero-order valence-electron chi connectivity index (χ0n) is 10.6. The van der Waals surface area contributed by atoms with Gasteiger partial charge < -0.3 is 11.1 Å². The standard InChI is InChI=1S/C13H14N4S2/c1-7-6-19-13(15-7)17-12-9(11(14)18)5-8-3-2-4-10(8)16-12/h5-6H,2-4H2,1H3,(H2,14,18)(H,15,16,17). The number of nitrogens with zero attached hydrogens (tertiary/aromatic N) is 2. The molecule has 0 aromatic carbocycles. The van der Waals surface area contributed by atoms with Gasteiger partial charge in [-0.1, -0.05) is 12.2 Å². The molecule has 1 aliphatic carbocycles. The predicted octanol–water partition coefficient (Wildman–Crippen LogP) is 2.71. The van der Waals surface area contributed by atoms with Crippen molar-refractivity contribution in [2.75, 3.05) is 5.32 Å². The minimum absolute atomic E-state index is 0.373. The van der Waals surface area contributed by atoms with Crippen molar-refractivity contribution in [3.05, 3.63) is 34.0 Å². The molecule has 0 radical (unpaired) electrons. The molecule has 98 valence electrons. The Hall–Kier alpha value is -1.53. The number of thiocarbonyl (C=S) groups is 1. The monoisotopic (exact) mass is 290 g/mol. The number of hydrogen-bond donors (Lipinski definition) is 2. The molecule has 2 aromatic heterocycles. The van der Waals surface area contributed by atoms with Gasteiger partial charge in [0.25, 0.3) is 0 Å². The summed E-state index contributed by atoms with van der Waals surface area (Å²) in [5.41, 5.74) is 10.0. The van der Waals surface area contributed by atoms with Gasteiger partial charge >= 0.3 is 0 Å². The first-order chi connectivity index (χ1) is 9.13. The van der Waals surface area contributed by atoms with E-state index in [1.807, 2.05) is 12.3 Å². The van der Waals surface area contributed by atoms with Crippen LogP contribution in [-0.4, -0.2) is 15.0 Å². The largest absolute Gasteiger partial charge is 0.389 e. The van der Waals surface area contributed by atoms with E-state index in [1.165, 1.54) is 5.56 Å². The second-order valence-electron chi connectivity index (χ2n) is 4.63. The normalized spacial score (nSPS) is 13.3. The molecule has 0 amide bonds. The van der Waals surface area contributed by atoms with Crippen LogP contribution in [0.5, 0.6) is 0 Å². The first-order valence-electron chi connectivity index (χ1n) is 6.15. The Kier molecular flexibility index (Phi) is 3.20. The SMILES string of the molecule is Cc1csc(Nc2nc3c(cc2C(N)=S)CCC3)n1. The molecule has 0 bridgehead atoms. The van der Waals surface area contributed by atoms with Crippen LogP contribution in [-0.2, 0) is 12.8 Å². The highest BCUT2D eigenvalue weighted by Gasteiger charge is 2.18. The number of pyridine rings is 1. The van der Waals surface area contributed by atoms with E-state index in [0.29, 0.717) is 4.99 Å². The smallest absolute Gasteiger partial charge is 0.188 e. The van der Waals surface area contributed by atoms with E-state index in [9.17, 15) is 0 Å². The van der Waals surface area contributed by atoms with Crippen molar-refractivity contribution >= 4 is 39.5 Å². The van der Waals surface area contributed by atoms with Gasteiger partial charge in [0.05, 0.1) is 11.3 Å². The number of nitrogens with one attached hydrogen (secondary N) is 1. The van der Waals surface area contributed by atoms with Crippen molar-refractivity contribution in [1.82, 2.24) is 9.97 Å². The number of aromatic nitrogens is 2. The van der Waals surface area contributed by atoms with Crippen LogP contribution in [0.4, 0.5) is 10.9 Å². The summed E-state index contributed by atoms with van der Waals surface area (Å²) in [6, 6.07) is 2.07. The molecule has 2 heterocycles. The van der Waals surface area contributed by atoms with Gasteiger partial charge in [-0.05, 0) is 37.8 Å². The molecule has 0 unspecified atom stereocenters. The molecule has 6 heteroatoms. The second-order valence-corrected chi connectivity index (χ2v) is 5.93. The van der Waals surface area contributed by atoms with Crippen molar-refractivity contribution in [2.45, 2.75) is 26.2 Å². The summed E-state index contributed by atoms with van der Waals surface area (Å²) in [4.78, 5) is 9.42. The van der Waals surface area contributed by atoms with E-state index in [-0.39, 0.29) is 0 Å². The first kappa shape index (κ1) is 12.5. The third kappa shape index (κ3) is 2.46. The maximum Gasteiger partial charge on any atom is 0.188 e. The van der Waals surface area contributed by atoms with E-state index in [0.717, 1.165) is 47.2 Å². The maximum atomic E-state index is 5.80. The summed E-state index contributed by atoms with van der Waals surface area (Å²) in [5, 5.41) is 6.05. The molecule has 0 fully saturated rings. The van der Waals surface area contributed by atoms with Crippen molar-refractivity contribution in [3.63, 3.8) is 0 Å². The van der Waals surface area contributed by atoms with Crippen LogP contribution in [0, 0.1) is 6.92 Å². The lowest BCUT2D eigenvalue weighted by Gasteiger charge is -2.10. The fourth-order valence-corrected chi connectivity index (χ4v) is 3.11. The van der Waals surface area contributed by atoms with Crippen LogP contribution in [0.3, 0.4) is 0 Å². The number of nitrogens with two attached hydrogens (primary N) is 1. The van der Waals surface area contributed by atoms with Crippen molar-refractivity contribution in [3.8, 4) is 0 Å². The highest BCUT2D eigenvalue weighted by molar-refractivity contribution is 7.80. The molecule has 3 N–H and O–H groups in total. The van der Waals surface area contributed by atoms with Gasteiger partial charge in [-0.3, -0.25) is 0 Å². The summed E-state index contributed by atoms with van der Waals surface area (Å²) in [6.45, 7) is 1.96. The lowest BCUT2D eigenvalue weighted by molar-refractivity contribution is 0.900. The highest BCUT2D eigenvalue weighted by Crippen LogP contribution is 2.28. The number of rotatable bonds is 3. The Morgan fingerprint density at radius 1 is 1.42 bits per heavy atom. The highest BCUT2D eigenvalue weighted by atomic mass is 32.1. The van der Waals surface area contributed by atoms with E-state index in [1.54, 1.807) is 11.3 Å². The Morgan fingerprint density at radius 3 is 2.95 bits per heavy atom. The lowest BCUT2D eigenvalue weighted by Crippen LogP contribution is -2.14. The number of hydrogen-bond acceptors (Lipinski definition) is 5. The minimum Gasteiger partial charge on any atom is -0.389 e. The van der Waals surface area contributed by atoms with Gasteiger partial charge in [-0.25, -0.2) is 9.97 Å². The lowest BCUT2D eigenvalue weighted by atomic mass is 10.1. The van der Waals surface area contributed by atoms with Gasteiger partial charge in [-0.15, -0.1) is 11.3 Å². The van der Waals surface area contributed by atoms with Crippen LogP contribution >= 0.6 is 23.6 Å². The molecule has 4 nitrogen and oxygen atoms in total. The molecule has 0 aliphatic heterocycles. The molecule has 0 spiro atoms. The second kappa shape index (κ2) is 4.86. The zero-order chi connectivity index (χ0) is 13.4. The Labute approximate surface area is 121 Å². The summed E-state index contributed by atoms with van der Waals surface area (Å²) in [7, 11) is 0. The van der Waals surface area contributed by atoms with Crippen molar-refractivity contribution < 1.29 is 0 Å². The van der Waals surface area contributed by atoms with E-state index in [2.05, 4.69) is 21.4 Å². The van der Waals surface area contributed by atoms with Gasteiger partial charge in [0.1, 0.15) is 10.8 Å². The van der Waals surface area contributed by atoms with Crippen molar-refractivity contribution in [1.29, 1.82) is 0 Å². The van der Waals surface area contributed by atoms with Crippen LogP contribution in [0.1, 0.15) is 28.9 Å². The van der Waals surface area contributed by atoms with Crippen molar-refractivity contribution in [2.24, 2.45) is 5.73 Å². The van der Waals surface area contributed by atoms with Gasteiger partial charge in [0.2, 0.25) is 0 Å². The molecule has 0 saturated heterocycles. The summed E-state index contributed by atoms with van der Waals surface area (Å²) >= 11 is 6.67. The van der Waals surface area contributed by atoms with Gasteiger partial charge in [0.15, 0.2) is 5.13 Å². The average Bonchev–Trinajstić information content (AvgIpc) is 2.96. The first-order valence-corrected chi connectivity index (χ1v) is 7.44. The Balaban J connectivity index is 2.01. The Bertz CT molecular complexity index is 648. The number of thiazole rings is 1. The van der Waals surface area contributed by atoms with E-state index in [4.69, 9.17) is 18.0 Å². The third-order valence-corrected chi connectivity index (χ3v) is 4.26. The zero-order valence-corrected chi connectivity index (χ0v) is 12.2. The number of anilines is 2. The average molecular weight is 290 g/mol. The maximum absolute atomic E-state index is 5.80. The topological polar surface area (TPSA) is 63.8 Å². The molecule has 0 atom stereocenters. The fourth-order valence-electron chi connectivity index (χ4n) is 2.27. The molecule has 19 heavy (non-hydrogen) atoms. The van der Waals surface area contributed by atoms with Gasteiger partial charge in [-0.2, -0.15) is 0 Å². The Morgan fingerprint density at radius 2 is 2.26 bits per heavy atom. The fraction of sp³-hybridized carbons (Fsp3) is 0.308. The summed E-state index contributed by atoms with van der Waals surface area (Å²) in [5.74, 6) is 0.725. The summed E-state index contributed by atoms with van der Waals surface area (Å²) in [6.07, 6.45) is 3.24. The molecular formula is C13H14N4S2. The number of aryl methyl sites for hydroxylation is 3. The number of fused-ring (bicyclic) bond motifs is 1. The minimum atomic E-state index is 0.373.